The molecule has 2 aliphatic heterocycles. The van der Waals surface area contributed by atoms with Crippen molar-refractivity contribution < 1.29 is 39.0 Å². The number of hydrogen-bond acceptors (Lipinski definition) is 10. The number of rotatable bonds is 27. The maximum Gasteiger partial charge on any atom is 0.338 e. The molecule has 24 nitrogen and oxygen atoms in total. The largest absolute Gasteiger partial charge is 0.480 e. The fourth-order valence-corrected chi connectivity index (χ4v) is 12.6. The number of aromatic nitrogens is 6. The number of unbranched alkanes of at least 4 members (excludes halogenated alkanes) is 1. The molecule has 482 valence electrons. The molecule has 0 saturated heterocycles. The standard InChI is InChI=1S/C68H82N16O8/c1-8-41-34(3)50-29-52-36(5)43(60(80-52)38(7)61-59(66(91)92)37(6)53(81-61)31-55-42(9-2)35(4)51(78-55)30-54(41)77-50)23-24-58(85)79-48(22-16-26-74-68(71)72)62(86)82-49(21-14-15-25-73-67(69)70)63(87)83-56(27-39-32-75-46-19-12-10-17-44(39)46)64(88)84-57(65(89)90)28-40-33-76-47-20-13-11-18-45(40)47/h8,10-13,17-20,29-33,36,43,48-49,56-57,75-76,78,81H,1,9,14-16,21-28H2,2-7H3,(H,79,85)(H,82,86)(H,83,87)(H,84,88)(H,89,90)(H,91,92)(H4,69,70,73)(H4,71,72,74)/t36-,43-,48-,49-,56-,57-/m0/s1. The number of carbonyl (C=O) groups excluding carboxylic acids is 4. The molecule has 7 heterocycles. The summed E-state index contributed by atoms with van der Waals surface area (Å²) >= 11 is 0. The normalized spacial score (nSPS) is 15.1. The van der Waals surface area contributed by atoms with Gasteiger partial charge in [0.2, 0.25) is 23.6 Å². The third-order valence-electron chi connectivity index (χ3n) is 17.7. The van der Waals surface area contributed by atoms with Crippen LogP contribution in [0.4, 0.5) is 0 Å². The van der Waals surface area contributed by atoms with Crippen molar-refractivity contribution in [1.29, 1.82) is 0 Å². The molecule has 8 bridgehead atoms. The van der Waals surface area contributed by atoms with Crippen molar-refractivity contribution in [2.24, 2.45) is 32.9 Å². The topological polar surface area (TPSA) is 409 Å². The molecule has 0 spiro atoms. The number of H-pyrrole nitrogens is 4. The molecular weight excluding hydrogens is 1170 g/mol. The van der Waals surface area contributed by atoms with E-state index in [1.165, 1.54) is 0 Å². The van der Waals surface area contributed by atoms with Crippen LogP contribution in [0, 0.1) is 20.8 Å². The van der Waals surface area contributed by atoms with Crippen LogP contribution >= 0.6 is 0 Å². The van der Waals surface area contributed by atoms with Crippen molar-refractivity contribution in [3.8, 4) is 0 Å². The number of para-hydroxylation sites is 2. The minimum atomic E-state index is -1.41. The highest BCUT2D eigenvalue weighted by Gasteiger charge is 2.35. The summed E-state index contributed by atoms with van der Waals surface area (Å²) in [7, 11) is 0. The number of benzene rings is 2. The van der Waals surface area contributed by atoms with E-state index in [2.05, 4.69) is 71.6 Å². The van der Waals surface area contributed by atoms with Gasteiger partial charge in [0.1, 0.15) is 24.2 Å². The number of nitrogens with one attached hydrogen (secondary N) is 8. The number of carboxylic acid groups (broad SMARTS) is 2. The summed E-state index contributed by atoms with van der Waals surface area (Å²) < 4.78 is 0. The van der Waals surface area contributed by atoms with E-state index in [0.717, 1.165) is 60.8 Å². The lowest BCUT2D eigenvalue weighted by Crippen LogP contribution is -2.58. The second-order valence-electron chi connectivity index (χ2n) is 23.7. The molecule has 24 heteroatoms. The van der Waals surface area contributed by atoms with Crippen molar-refractivity contribution in [3.63, 3.8) is 0 Å². The summed E-state index contributed by atoms with van der Waals surface area (Å²) in [6.45, 7) is 16.2. The Morgan fingerprint density at radius 1 is 0.652 bits per heavy atom. The second kappa shape index (κ2) is 29.0. The first-order valence-corrected chi connectivity index (χ1v) is 31.0. The van der Waals surface area contributed by atoms with Gasteiger partial charge >= 0.3 is 11.9 Å². The second-order valence-corrected chi connectivity index (χ2v) is 23.7. The molecule has 4 amide bonds. The predicted octanol–water partition coefficient (Wildman–Crippen LogP) is 7.25. The van der Waals surface area contributed by atoms with Gasteiger partial charge in [0.15, 0.2) is 11.9 Å². The fourth-order valence-electron chi connectivity index (χ4n) is 12.6. The highest BCUT2D eigenvalue weighted by molar-refractivity contribution is 6.02. The monoisotopic (exact) mass is 1250 g/mol. The Kier molecular flexibility index (Phi) is 20.8. The Hall–Kier alpha value is -10.5. The number of hydrogen-bond donors (Lipinski definition) is 14. The van der Waals surface area contributed by atoms with Gasteiger partial charge in [-0.05, 0) is 142 Å². The molecule has 9 rings (SSSR count). The number of aliphatic carboxylic acids is 1. The zero-order chi connectivity index (χ0) is 66.1. The molecule has 0 aliphatic carbocycles. The first-order valence-electron chi connectivity index (χ1n) is 31.0. The van der Waals surface area contributed by atoms with Crippen LogP contribution in [0.25, 0.3) is 55.0 Å². The first-order chi connectivity index (χ1) is 44.0. The van der Waals surface area contributed by atoms with E-state index >= 15 is 0 Å². The Bertz CT molecular complexity index is 4270. The van der Waals surface area contributed by atoms with Gasteiger partial charge in [-0.2, -0.15) is 0 Å². The quantitative estimate of drug-likeness (QED) is 0.0137. The molecule has 0 fully saturated rings. The average molecular weight is 1250 g/mol. The smallest absolute Gasteiger partial charge is 0.338 e. The fraction of sp³-hybridized carbons (Fsp3) is 0.353. The summed E-state index contributed by atoms with van der Waals surface area (Å²) in [5, 5.41) is 34.2. The van der Waals surface area contributed by atoms with Gasteiger partial charge in [0.05, 0.1) is 22.5 Å². The van der Waals surface area contributed by atoms with Gasteiger partial charge in [0, 0.05) is 112 Å². The van der Waals surface area contributed by atoms with Crippen molar-refractivity contribution in [2.75, 3.05) is 13.1 Å². The van der Waals surface area contributed by atoms with Crippen molar-refractivity contribution in [2.45, 2.75) is 142 Å². The molecule has 2 aliphatic rings. The number of carbonyl (C=O) groups is 6. The number of guanidine groups is 2. The average Bonchev–Trinajstić information content (AvgIpc) is 1.61. The van der Waals surface area contributed by atoms with Crippen molar-refractivity contribution in [3.05, 3.63) is 153 Å². The molecule has 7 aromatic rings. The Balaban J connectivity index is 1.01. The van der Waals surface area contributed by atoms with E-state index in [4.69, 9.17) is 32.9 Å². The predicted molar refractivity (Wildman–Crippen MR) is 358 cm³/mol. The van der Waals surface area contributed by atoms with E-state index in [0.29, 0.717) is 69.6 Å². The highest BCUT2D eigenvalue weighted by atomic mass is 16.4. The summed E-state index contributed by atoms with van der Waals surface area (Å²) in [6, 6.07) is 15.4. The summed E-state index contributed by atoms with van der Waals surface area (Å²) in [6.07, 6.45) is 6.87. The van der Waals surface area contributed by atoms with Gasteiger partial charge < -0.3 is 74.4 Å². The van der Waals surface area contributed by atoms with Gasteiger partial charge in [-0.3, -0.25) is 34.1 Å². The minimum absolute atomic E-state index is 0.0305. The number of aromatic carboxylic acids is 1. The summed E-state index contributed by atoms with van der Waals surface area (Å²) in [4.78, 5) is 117. The number of aliphatic imine (C=N–C) groups is 2. The Labute approximate surface area is 531 Å². The molecule has 18 N–H and O–H groups in total. The lowest BCUT2D eigenvalue weighted by atomic mass is 9.85. The van der Waals surface area contributed by atoms with Gasteiger partial charge in [0.25, 0.3) is 0 Å². The van der Waals surface area contributed by atoms with Gasteiger partial charge in [-0.15, -0.1) is 0 Å². The molecule has 6 atom stereocenters. The molecule has 2 aromatic carbocycles. The molecule has 0 radical (unpaired) electrons. The number of aromatic amines is 4. The number of carboxylic acids is 2. The Morgan fingerprint density at radius 3 is 1.83 bits per heavy atom. The lowest BCUT2D eigenvalue weighted by molar-refractivity contribution is -0.142. The number of aryl methyl sites for hydroxylation is 4. The maximum atomic E-state index is 14.9. The molecule has 0 unspecified atom stereocenters. The molecule has 92 heavy (non-hydrogen) atoms. The number of nitrogens with two attached hydrogens (primary N) is 4. The number of amides is 4. The summed E-state index contributed by atoms with van der Waals surface area (Å²) in [5.41, 5.74) is 35.9. The SMILES string of the molecule is C=CC1=C(C)c2cc3nc(c(C)c4[nH]c(cc5[nH]c(cc1n2)c(C)c5CC)c(C)c4C(=O)O)[C@@H](CCC(=O)N[C@@H](CCCN=C(N)N)C(=O)N[C@@H](CCCCN=C(N)N)C(=O)N[C@@H](Cc1c[nH]c2ccccc12)C(=O)N[C@@H](Cc1c[nH]c2ccccc12)C(=O)O)[C@@H]3C. The molecular formula is C68H82N16O8. The zero-order valence-electron chi connectivity index (χ0n) is 52.7. The number of fused-ring (bicyclic) bond motifs is 10. The molecule has 0 saturated carbocycles. The lowest BCUT2D eigenvalue weighted by Gasteiger charge is -2.26. The van der Waals surface area contributed by atoms with Crippen LogP contribution < -0.4 is 44.2 Å². The number of allylic oxidation sites excluding steroid dienone is 3. The van der Waals surface area contributed by atoms with Crippen molar-refractivity contribution in [1.82, 2.24) is 51.2 Å². The van der Waals surface area contributed by atoms with E-state index < -0.39 is 65.7 Å². The summed E-state index contributed by atoms with van der Waals surface area (Å²) in [5.74, 6) is -6.21. The first kappa shape index (κ1) is 65.9. The van der Waals surface area contributed by atoms with Crippen LogP contribution in [0.1, 0.15) is 144 Å². The van der Waals surface area contributed by atoms with Gasteiger partial charge in [-0.1, -0.05) is 62.9 Å². The third kappa shape index (κ3) is 14.9. The minimum Gasteiger partial charge on any atom is -0.480 e. The third-order valence-corrected chi connectivity index (χ3v) is 17.7. The van der Waals surface area contributed by atoms with E-state index in [9.17, 15) is 39.0 Å². The number of nitrogens with zero attached hydrogens (tertiary/aromatic N) is 4. The van der Waals surface area contributed by atoms with Gasteiger partial charge in [-0.25, -0.2) is 14.6 Å². The van der Waals surface area contributed by atoms with Crippen molar-refractivity contribution >= 4 is 103 Å². The van der Waals surface area contributed by atoms with E-state index in [1.54, 1.807) is 25.4 Å². The highest BCUT2D eigenvalue weighted by Crippen LogP contribution is 2.43. The van der Waals surface area contributed by atoms with Crippen LogP contribution in [-0.4, -0.2) is 125 Å². The van der Waals surface area contributed by atoms with E-state index in [-0.39, 0.29) is 81.4 Å². The van der Waals surface area contributed by atoms with Crippen LogP contribution in [0.15, 0.2) is 102 Å². The van der Waals surface area contributed by atoms with E-state index in [1.807, 2.05) is 87.5 Å². The van der Waals surface area contributed by atoms with Crippen LogP contribution in [0.2, 0.25) is 0 Å². The maximum absolute atomic E-state index is 14.9. The zero-order valence-corrected chi connectivity index (χ0v) is 52.7. The van der Waals surface area contributed by atoms with Crippen LogP contribution in [0.5, 0.6) is 0 Å². The van der Waals surface area contributed by atoms with Crippen LogP contribution in [0.3, 0.4) is 0 Å². The Morgan fingerprint density at radius 2 is 1.22 bits per heavy atom. The molecule has 5 aromatic heterocycles. The van der Waals surface area contributed by atoms with Crippen LogP contribution in [-0.2, 0) is 43.2 Å².